The molecule has 1 heterocycles. The Morgan fingerprint density at radius 1 is 1.11 bits per heavy atom. The Morgan fingerprint density at radius 2 is 1.79 bits per heavy atom. The second-order valence-corrected chi connectivity index (χ2v) is 5.37. The van der Waals surface area contributed by atoms with Gasteiger partial charge in [-0.15, -0.1) is 0 Å². The minimum absolute atomic E-state index is 0.579. The van der Waals surface area contributed by atoms with Crippen molar-refractivity contribution in [1.82, 2.24) is 9.97 Å². The Bertz CT molecular complexity index is 611. The predicted octanol–water partition coefficient (Wildman–Crippen LogP) is 4.52. The third-order valence-electron chi connectivity index (χ3n) is 3.11. The van der Waals surface area contributed by atoms with E-state index >= 15 is 0 Å². The fourth-order valence-electron chi connectivity index (χ4n) is 1.84. The first-order chi connectivity index (χ1) is 9.01. The van der Waals surface area contributed by atoms with Gasteiger partial charge in [-0.1, -0.05) is 19.1 Å². The molecule has 0 atom stereocenters. The van der Waals surface area contributed by atoms with Crippen molar-refractivity contribution in [3.63, 3.8) is 0 Å². The van der Waals surface area contributed by atoms with Crippen molar-refractivity contribution in [3.05, 3.63) is 45.3 Å². The van der Waals surface area contributed by atoms with Crippen LogP contribution in [0.15, 0.2) is 22.8 Å². The van der Waals surface area contributed by atoms with Crippen molar-refractivity contribution in [2.75, 3.05) is 0 Å². The van der Waals surface area contributed by atoms with E-state index in [0.29, 0.717) is 5.88 Å². The molecule has 0 N–H and O–H groups in total. The van der Waals surface area contributed by atoms with Gasteiger partial charge in [-0.05, 0) is 53.4 Å². The van der Waals surface area contributed by atoms with Crippen LogP contribution in [0.5, 0.6) is 11.6 Å². The van der Waals surface area contributed by atoms with E-state index in [1.165, 1.54) is 5.56 Å². The molecule has 0 spiro atoms. The van der Waals surface area contributed by atoms with Crippen LogP contribution in [-0.2, 0) is 6.42 Å². The first-order valence-corrected chi connectivity index (χ1v) is 7.08. The highest BCUT2D eigenvalue weighted by molar-refractivity contribution is 9.10. The molecule has 0 bridgehead atoms. The van der Waals surface area contributed by atoms with Crippen molar-refractivity contribution >= 4 is 15.9 Å². The second-order valence-electron chi connectivity index (χ2n) is 4.55. The first kappa shape index (κ1) is 14.0. The lowest BCUT2D eigenvalue weighted by atomic mass is 10.1. The average Bonchev–Trinajstić information content (AvgIpc) is 2.38. The molecule has 0 aliphatic heterocycles. The molecule has 2 rings (SSSR count). The van der Waals surface area contributed by atoms with Crippen LogP contribution in [0.1, 0.15) is 29.4 Å². The van der Waals surface area contributed by atoms with Crippen molar-refractivity contribution < 1.29 is 4.74 Å². The Kier molecular flexibility index (Phi) is 4.20. The highest BCUT2D eigenvalue weighted by atomic mass is 79.9. The molecular weight excluding hydrogens is 304 g/mol. The van der Waals surface area contributed by atoms with E-state index in [1.807, 2.05) is 13.8 Å². The Balaban J connectivity index is 2.41. The highest BCUT2D eigenvalue weighted by Gasteiger charge is 2.10. The molecule has 19 heavy (non-hydrogen) atoms. The van der Waals surface area contributed by atoms with Crippen LogP contribution in [-0.4, -0.2) is 9.97 Å². The van der Waals surface area contributed by atoms with Gasteiger partial charge in [-0.25, -0.2) is 4.98 Å². The Hall–Kier alpha value is -1.42. The van der Waals surface area contributed by atoms with Gasteiger partial charge < -0.3 is 4.74 Å². The molecule has 2 aromatic rings. The predicted molar refractivity (Wildman–Crippen MR) is 79.8 cm³/mol. The summed E-state index contributed by atoms with van der Waals surface area (Å²) in [6.45, 7) is 8.21. The molecule has 0 unspecified atom stereocenters. The van der Waals surface area contributed by atoms with Gasteiger partial charge in [0, 0.05) is 12.5 Å². The lowest BCUT2D eigenvalue weighted by Gasteiger charge is -2.13. The van der Waals surface area contributed by atoms with Crippen molar-refractivity contribution in [2.45, 2.75) is 34.1 Å². The summed E-state index contributed by atoms with van der Waals surface area (Å²) in [5.74, 6) is 2.23. The molecule has 0 aliphatic rings. The fraction of sp³-hybridized carbons (Fsp3) is 0.333. The van der Waals surface area contributed by atoms with Crippen LogP contribution in [0, 0.1) is 20.8 Å². The van der Waals surface area contributed by atoms with E-state index in [1.54, 1.807) is 6.07 Å². The van der Waals surface area contributed by atoms with Gasteiger partial charge in [-0.2, -0.15) is 4.98 Å². The van der Waals surface area contributed by atoms with E-state index in [4.69, 9.17) is 4.74 Å². The molecule has 4 heteroatoms. The van der Waals surface area contributed by atoms with Crippen LogP contribution < -0.4 is 4.74 Å². The summed E-state index contributed by atoms with van der Waals surface area (Å²) >= 11 is 3.39. The van der Waals surface area contributed by atoms with Gasteiger partial charge in [0.05, 0.1) is 0 Å². The monoisotopic (exact) mass is 320 g/mol. The summed E-state index contributed by atoms with van der Waals surface area (Å²) in [6, 6.07) is 5.96. The number of ether oxygens (including phenoxy) is 1. The number of nitrogens with zero attached hydrogens (tertiary/aromatic N) is 2. The van der Waals surface area contributed by atoms with E-state index in [2.05, 4.69) is 51.9 Å². The lowest BCUT2D eigenvalue weighted by Crippen LogP contribution is -1.99. The zero-order chi connectivity index (χ0) is 14.0. The zero-order valence-electron chi connectivity index (χ0n) is 11.6. The van der Waals surface area contributed by atoms with Gasteiger partial charge in [0.1, 0.15) is 16.2 Å². The molecule has 0 saturated carbocycles. The number of hydrogen-bond donors (Lipinski definition) is 0. The third kappa shape index (κ3) is 3.13. The second kappa shape index (κ2) is 5.70. The summed E-state index contributed by atoms with van der Waals surface area (Å²) < 4.78 is 6.71. The van der Waals surface area contributed by atoms with E-state index in [0.717, 1.165) is 33.7 Å². The smallest absolute Gasteiger partial charge is 0.223 e. The highest BCUT2D eigenvalue weighted by Crippen LogP contribution is 2.30. The third-order valence-corrected chi connectivity index (χ3v) is 3.52. The standard InChI is InChI=1S/C15H17BrN2O/c1-5-13-17-12(16)8-14(18-13)19-15-10(3)7-6-9(2)11(15)4/h6-8H,5H2,1-4H3. The number of aromatic nitrogens is 2. The minimum atomic E-state index is 0.579. The maximum absolute atomic E-state index is 5.96. The summed E-state index contributed by atoms with van der Waals surface area (Å²) in [5.41, 5.74) is 3.47. The maximum atomic E-state index is 5.96. The minimum Gasteiger partial charge on any atom is -0.438 e. The molecule has 1 aromatic heterocycles. The number of benzene rings is 1. The van der Waals surface area contributed by atoms with Crippen LogP contribution in [0.3, 0.4) is 0 Å². The quantitative estimate of drug-likeness (QED) is 0.780. The molecule has 0 saturated heterocycles. The fourth-order valence-corrected chi connectivity index (χ4v) is 2.24. The van der Waals surface area contributed by atoms with Crippen LogP contribution in [0.4, 0.5) is 0 Å². The van der Waals surface area contributed by atoms with E-state index < -0.39 is 0 Å². The van der Waals surface area contributed by atoms with Crippen molar-refractivity contribution in [2.24, 2.45) is 0 Å². The van der Waals surface area contributed by atoms with Crippen LogP contribution in [0.25, 0.3) is 0 Å². The van der Waals surface area contributed by atoms with Crippen LogP contribution >= 0.6 is 15.9 Å². The summed E-state index contributed by atoms with van der Waals surface area (Å²) in [6.07, 6.45) is 0.779. The molecule has 0 amide bonds. The SMILES string of the molecule is CCc1nc(Br)cc(Oc2c(C)ccc(C)c2C)n1. The Morgan fingerprint density at radius 3 is 2.47 bits per heavy atom. The van der Waals surface area contributed by atoms with Gasteiger partial charge in [0.15, 0.2) is 0 Å². The molecule has 1 aromatic carbocycles. The van der Waals surface area contributed by atoms with Crippen molar-refractivity contribution in [3.8, 4) is 11.6 Å². The van der Waals surface area contributed by atoms with E-state index in [-0.39, 0.29) is 0 Å². The topological polar surface area (TPSA) is 35.0 Å². The number of aryl methyl sites for hydroxylation is 3. The van der Waals surface area contributed by atoms with E-state index in [9.17, 15) is 0 Å². The van der Waals surface area contributed by atoms with Gasteiger partial charge in [-0.3, -0.25) is 0 Å². The van der Waals surface area contributed by atoms with Crippen molar-refractivity contribution in [1.29, 1.82) is 0 Å². The Labute approximate surface area is 122 Å². The maximum Gasteiger partial charge on any atom is 0.223 e. The zero-order valence-corrected chi connectivity index (χ0v) is 13.2. The molecule has 3 nitrogen and oxygen atoms in total. The van der Waals surface area contributed by atoms with Crippen LogP contribution in [0.2, 0.25) is 0 Å². The molecule has 100 valence electrons. The van der Waals surface area contributed by atoms with Gasteiger partial charge in [0.25, 0.3) is 0 Å². The number of rotatable bonds is 3. The average molecular weight is 321 g/mol. The molecular formula is C15H17BrN2O. The lowest BCUT2D eigenvalue weighted by molar-refractivity contribution is 0.451. The normalized spacial score (nSPS) is 10.6. The summed E-state index contributed by atoms with van der Waals surface area (Å²) in [7, 11) is 0. The number of hydrogen-bond acceptors (Lipinski definition) is 3. The van der Waals surface area contributed by atoms with Gasteiger partial charge in [0.2, 0.25) is 5.88 Å². The molecule has 0 fully saturated rings. The first-order valence-electron chi connectivity index (χ1n) is 6.29. The molecule has 0 radical (unpaired) electrons. The number of halogens is 1. The summed E-state index contributed by atoms with van der Waals surface area (Å²) in [5, 5.41) is 0. The molecule has 0 aliphatic carbocycles. The summed E-state index contributed by atoms with van der Waals surface area (Å²) in [4.78, 5) is 8.68. The largest absolute Gasteiger partial charge is 0.438 e. The van der Waals surface area contributed by atoms with Gasteiger partial charge >= 0.3 is 0 Å².